The number of non-ortho nitro benzene ring substituents is 1. The normalized spacial score (nSPS) is 11.1. The van der Waals surface area contributed by atoms with Gasteiger partial charge in [0.2, 0.25) is 5.91 Å². The number of benzene rings is 3. The van der Waals surface area contributed by atoms with Gasteiger partial charge in [-0.25, -0.2) is 4.98 Å². The van der Waals surface area contributed by atoms with Crippen LogP contribution in [0.5, 0.6) is 0 Å². The van der Waals surface area contributed by atoms with Crippen molar-refractivity contribution in [1.82, 2.24) is 14.9 Å². The van der Waals surface area contributed by atoms with E-state index >= 15 is 0 Å². The largest absolute Gasteiger partial charge is 0.352 e. The number of imidazole rings is 1. The molecule has 0 bridgehead atoms. The number of aromatic nitrogens is 2. The molecule has 1 amide bonds. The van der Waals surface area contributed by atoms with Gasteiger partial charge in [-0.05, 0) is 30.2 Å². The monoisotopic (exact) mass is 526 g/mol. The fourth-order valence-electron chi connectivity index (χ4n) is 4.01. The molecule has 1 heterocycles. The van der Waals surface area contributed by atoms with Gasteiger partial charge in [-0.15, -0.1) is 0 Å². The van der Waals surface area contributed by atoms with Crippen LogP contribution in [-0.4, -0.2) is 32.7 Å². The Morgan fingerprint density at radius 3 is 2.29 bits per heavy atom. The van der Waals surface area contributed by atoms with E-state index in [1.807, 2.05) is 36.4 Å². The predicted molar refractivity (Wildman–Crippen MR) is 154 cm³/mol. The Morgan fingerprint density at radius 1 is 1.00 bits per heavy atom. The van der Waals surface area contributed by atoms with Crippen molar-refractivity contribution in [2.45, 2.75) is 31.5 Å². The van der Waals surface area contributed by atoms with Gasteiger partial charge in [0.15, 0.2) is 5.16 Å². The molecule has 0 saturated heterocycles. The summed E-state index contributed by atoms with van der Waals surface area (Å²) >= 11 is 1.63. The summed E-state index contributed by atoms with van der Waals surface area (Å²) in [4.78, 5) is 27.7. The van der Waals surface area contributed by atoms with Crippen molar-refractivity contribution in [1.29, 1.82) is 0 Å². The van der Waals surface area contributed by atoms with Crippen molar-refractivity contribution in [2.24, 2.45) is 0 Å². The molecule has 194 valence electrons. The number of nitro benzene ring substituents is 1. The highest BCUT2D eigenvalue weighted by Crippen LogP contribution is 2.36. The highest BCUT2D eigenvalue weighted by molar-refractivity contribution is 7.99. The molecule has 1 aromatic heterocycles. The average Bonchev–Trinajstić information content (AvgIpc) is 3.32. The van der Waals surface area contributed by atoms with Crippen LogP contribution in [0.1, 0.15) is 25.3 Å². The van der Waals surface area contributed by atoms with Gasteiger partial charge in [0.05, 0.1) is 16.3 Å². The highest BCUT2D eigenvalue weighted by atomic mass is 32.2. The van der Waals surface area contributed by atoms with Crippen LogP contribution in [0.15, 0.2) is 96.2 Å². The van der Waals surface area contributed by atoms with Crippen molar-refractivity contribution < 1.29 is 9.72 Å². The number of carbonyl (C=O) groups excluding carboxylic acids is 1. The number of carbonyl (C=O) groups is 1. The van der Waals surface area contributed by atoms with Crippen molar-refractivity contribution in [2.75, 3.05) is 12.3 Å². The number of nitrogens with one attached hydrogen (secondary N) is 1. The van der Waals surface area contributed by atoms with Crippen LogP contribution in [0.3, 0.4) is 0 Å². The van der Waals surface area contributed by atoms with Crippen LogP contribution in [0.2, 0.25) is 0 Å². The quantitative estimate of drug-likeness (QED) is 0.0717. The van der Waals surface area contributed by atoms with E-state index in [0.29, 0.717) is 12.3 Å². The molecule has 4 aromatic rings. The summed E-state index contributed by atoms with van der Waals surface area (Å²) in [6.07, 6.45) is 5.20. The van der Waals surface area contributed by atoms with E-state index in [1.165, 1.54) is 18.2 Å². The molecule has 0 spiro atoms. The number of thioether (sulfide) groups is 1. The second-order valence-corrected chi connectivity index (χ2v) is 9.71. The SMILES string of the molecule is CCCCn1c(SCCNC(=O)C=Cc2ccc([N+](=O)[O-])cc2)nc(-c2ccccc2)c1-c1ccccc1. The van der Waals surface area contributed by atoms with E-state index in [-0.39, 0.29) is 11.6 Å². The zero-order valence-corrected chi connectivity index (χ0v) is 22.1. The van der Waals surface area contributed by atoms with Crippen LogP contribution in [-0.2, 0) is 11.3 Å². The first-order valence-electron chi connectivity index (χ1n) is 12.6. The maximum Gasteiger partial charge on any atom is 0.269 e. The summed E-state index contributed by atoms with van der Waals surface area (Å²) in [5, 5.41) is 14.6. The predicted octanol–water partition coefficient (Wildman–Crippen LogP) is 6.85. The van der Waals surface area contributed by atoms with Gasteiger partial charge in [0.25, 0.3) is 5.69 Å². The molecule has 0 unspecified atom stereocenters. The van der Waals surface area contributed by atoms with Gasteiger partial charge < -0.3 is 9.88 Å². The fourth-order valence-corrected chi connectivity index (χ4v) is 4.89. The maximum absolute atomic E-state index is 12.3. The summed E-state index contributed by atoms with van der Waals surface area (Å²) in [6.45, 7) is 3.53. The molecule has 0 fully saturated rings. The van der Waals surface area contributed by atoms with E-state index in [0.717, 1.165) is 52.6 Å². The van der Waals surface area contributed by atoms with Crippen molar-refractivity contribution >= 4 is 29.4 Å². The first-order chi connectivity index (χ1) is 18.6. The van der Waals surface area contributed by atoms with Gasteiger partial charge >= 0.3 is 0 Å². The Balaban J connectivity index is 1.46. The molecule has 0 aliphatic carbocycles. The number of rotatable bonds is 12. The minimum absolute atomic E-state index is 0.0202. The van der Waals surface area contributed by atoms with E-state index < -0.39 is 4.92 Å². The minimum atomic E-state index is -0.447. The lowest BCUT2D eigenvalue weighted by Crippen LogP contribution is -2.23. The molecular formula is C30H30N4O3S. The maximum atomic E-state index is 12.3. The topological polar surface area (TPSA) is 90.1 Å². The molecule has 3 aromatic carbocycles. The van der Waals surface area contributed by atoms with Gasteiger partial charge in [-0.2, -0.15) is 0 Å². The van der Waals surface area contributed by atoms with Crippen LogP contribution >= 0.6 is 11.8 Å². The minimum Gasteiger partial charge on any atom is -0.352 e. The lowest BCUT2D eigenvalue weighted by Gasteiger charge is -2.12. The summed E-state index contributed by atoms with van der Waals surface area (Å²) in [5.74, 6) is 0.455. The number of amides is 1. The molecule has 0 saturated carbocycles. The number of unbranched alkanes of at least 4 members (excludes halogenated alkanes) is 1. The molecule has 38 heavy (non-hydrogen) atoms. The molecule has 8 heteroatoms. The second-order valence-electron chi connectivity index (χ2n) is 8.65. The van der Waals surface area contributed by atoms with Crippen LogP contribution in [0.4, 0.5) is 5.69 Å². The molecule has 0 atom stereocenters. The second kappa shape index (κ2) is 13.4. The Labute approximate surface area is 226 Å². The fraction of sp³-hybridized carbons (Fsp3) is 0.200. The summed E-state index contributed by atoms with van der Waals surface area (Å²) in [7, 11) is 0. The zero-order valence-electron chi connectivity index (χ0n) is 21.2. The number of hydrogen-bond acceptors (Lipinski definition) is 5. The Morgan fingerprint density at radius 2 is 1.66 bits per heavy atom. The molecule has 1 N–H and O–H groups in total. The van der Waals surface area contributed by atoms with E-state index in [1.54, 1.807) is 30.0 Å². The standard InChI is InChI=1S/C30H30N4O3S/c1-2-3-21-33-29(25-12-8-5-9-13-25)28(24-10-6-4-7-11-24)32-30(33)38-22-20-31-27(35)19-16-23-14-17-26(18-15-23)34(36)37/h4-19H,2-3,20-22H2,1H3,(H,31,35). The highest BCUT2D eigenvalue weighted by Gasteiger charge is 2.20. The first-order valence-corrected chi connectivity index (χ1v) is 13.6. The third-order valence-electron chi connectivity index (χ3n) is 5.93. The molecular weight excluding hydrogens is 496 g/mol. The Kier molecular flexibility index (Phi) is 9.48. The molecule has 4 rings (SSSR count). The van der Waals surface area contributed by atoms with Gasteiger partial charge in [-0.3, -0.25) is 14.9 Å². The Bertz CT molecular complexity index is 1380. The number of nitrogens with zero attached hydrogens (tertiary/aromatic N) is 3. The Hall–Kier alpha value is -4.17. The zero-order chi connectivity index (χ0) is 26.7. The van der Waals surface area contributed by atoms with E-state index in [2.05, 4.69) is 41.1 Å². The van der Waals surface area contributed by atoms with Gasteiger partial charge in [0.1, 0.15) is 0 Å². The van der Waals surface area contributed by atoms with Gasteiger partial charge in [0, 0.05) is 48.2 Å². The average molecular weight is 527 g/mol. The first kappa shape index (κ1) is 26.9. The van der Waals surface area contributed by atoms with Crippen molar-refractivity contribution in [3.8, 4) is 22.5 Å². The summed E-state index contributed by atoms with van der Waals surface area (Å²) in [5.41, 5.74) is 5.03. The third-order valence-corrected chi connectivity index (χ3v) is 6.90. The van der Waals surface area contributed by atoms with Crippen molar-refractivity contribution in [3.63, 3.8) is 0 Å². The molecule has 0 aliphatic rings. The summed E-state index contributed by atoms with van der Waals surface area (Å²) < 4.78 is 2.31. The van der Waals surface area contributed by atoms with E-state index in [4.69, 9.17) is 4.98 Å². The van der Waals surface area contributed by atoms with Crippen LogP contribution in [0.25, 0.3) is 28.6 Å². The molecule has 0 radical (unpaired) electrons. The summed E-state index contributed by atoms with van der Waals surface area (Å²) in [6, 6.07) is 26.7. The van der Waals surface area contributed by atoms with Crippen molar-refractivity contribution in [3.05, 3.63) is 107 Å². The lowest BCUT2D eigenvalue weighted by atomic mass is 10.0. The smallest absolute Gasteiger partial charge is 0.269 e. The van der Waals surface area contributed by atoms with E-state index in [9.17, 15) is 14.9 Å². The van der Waals surface area contributed by atoms with Crippen LogP contribution in [0, 0.1) is 10.1 Å². The third kappa shape index (κ3) is 6.98. The number of nitro groups is 1. The van der Waals surface area contributed by atoms with Gasteiger partial charge in [-0.1, -0.05) is 85.8 Å². The lowest BCUT2D eigenvalue weighted by molar-refractivity contribution is -0.384. The van der Waals surface area contributed by atoms with Crippen LogP contribution < -0.4 is 5.32 Å². The molecule has 7 nitrogen and oxygen atoms in total. The number of hydrogen-bond donors (Lipinski definition) is 1. The molecule has 0 aliphatic heterocycles.